The highest BCUT2D eigenvalue weighted by Crippen LogP contribution is 2.32. The molecule has 0 unspecified atom stereocenters. The molecule has 1 aliphatic heterocycles. The van der Waals surface area contributed by atoms with Crippen molar-refractivity contribution in [1.29, 1.82) is 0 Å². The molecule has 0 aromatic carbocycles. The van der Waals surface area contributed by atoms with E-state index in [4.69, 9.17) is 11.6 Å². The summed E-state index contributed by atoms with van der Waals surface area (Å²) in [6.45, 7) is 4.71. The van der Waals surface area contributed by atoms with Crippen LogP contribution < -0.4 is 0 Å². The van der Waals surface area contributed by atoms with Crippen LogP contribution in [0.15, 0.2) is 0 Å². The van der Waals surface area contributed by atoms with Crippen molar-refractivity contribution >= 4 is 17.5 Å². The second-order valence-electron chi connectivity index (χ2n) is 4.56. The third kappa shape index (κ3) is 3.35. The first kappa shape index (κ1) is 11.2. The SMILES string of the molecule is O=C(CC1CC1)N1CCN(CCCl)CC1. The fourth-order valence-electron chi connectivity index (χ4n) is 2.04. The van der Waals surface area contributed by atoms with E-state index in [1.54, 1.807) is 0 Å². The van der Waals surface area contributed by atoms with Gasteiger partial charge in [-0.05, 0) is 18.8 Å². The number of rotatable bonds is 4. The minimum absolute atomic E-state index is 0.364. The summed E-state index contributed by atoms with van der Waals surface area (Å²) in [6, 6.07) is 0. The average Bonchev–Trinajstić information content (AvgIpc) is 3.03. The highest BCUT2D eigenvalue weighted by Gasteiger charge is 2.28. The zero-order valence-corrected chi connectivity index (χ0v) is 9.88. The lowest BCUT2D eigenvalue weighted by Gasteiger charge is -2.34. The number of piperazine rings is 1. The first-order valence-electron chi connectivity index (χ1n) is 5.85. The smallest absolute Gasteiger partial charge is 0.222 e. The predicted octanol–water partition coefficient (Wildman–Crippen LogP) is 1.17. The topological polar surface area (TPSA) is 23.6 Å². The Kier molecular flexibility index (Phi) is 3.87. The molecule has 2 aliphatic rings. The molecule has 2 fully saturated rings. The summed E-state index contributed by atoms with van der Waals surface area (Å²) >= 11 is 5.69. The predicted molar refractivity (Wildman–Crippen MR) is 61.1 cm³/mol. The Bertz CT molecular complexity index is 223. The lowest BCUT2D eigenvalue weighted by atomic mass is 10.2. The Balaban J connectivity index is 1.69. The molecule has 0 N–H and O–H groups in total. The van der Waals surface area contributed by atoms with Gasteiger partial charge in [-0.1, -0.05) is 0 Å². The van der Waals surface area contributed by atoms with Crippen LogP contribution in [0.4, 0.5) is 0 Å². The van der Waals surface area contributed by atoms with Gasteiger partial charge in [0.2, 0.25) is 5.91 Å². The van der Waals surface area contributed by atoms with E-state index < -0.39 is 0 Å². The van der Waals surface area contributed by atoms with Crippen LogP contribution in [0.3, 0.4) is 0 Å². The highest BCUT2D eigenvalue weighted by molar-refractivity contribution is 6.18. The normalized spacial score (nSPS) is 23.1. The van der Waals surface area contributed by atoms with E-state index >= 15 is 0 Å². The molecule has 0 radical (unpaired) electrons. The van der Waals surface area contributed by atoms with Crippen LogP contribution >= 0.6 is 11.6 Å². The van der Waals surface area contributed by atoms with E-state index in [-0.39, 0.29) is 0 Å². The summed E-state index contributed by atoms with van der Waals surface area (Å²) in [5.41, 5.74) is 0. The summed E-state index contributed by atoms with van der Waals surface area (Å²) in [6.07, 6.45) is 3.31. The van der Waals surface area contributed by atoms with Crippen LogP contribution in [-0.2, 0) is 4.79 Å². The molecule has 0 bridgehead atoms. The Morgan fingerprint density at radius 2 is 1.87 bits per heavy atom. The number of hydrogen-bond donors (Lipinski definition) is 0. The number of carbonyl (C=O) groups is 1. The second-order valence-corrected chi connectivity index (χ2v) is 4.94. The van der Waals surface area contributed by atoms with Gasteiger partial charge in [-0.2, -0.15) is 0 Å². The molecule has 1 aliphatic carbocycles. The van der Waals surface area contributed by atoms with Gasteiger partial charge in [0.15, 0.2) is 0 Å². The van der Waals surface area contributed by atoms with Crippen LogP contribution in [-0.4, -0.2) is 54.3 Å². The summed E-state index contributed by atoms with van der Waals surface area (Å²) < 4.78 is 0. The molecule has 0 aromatic rings. The Morgan fingerprint density at radius 3 is 2.40 bits per heavy atom. The van der Waals surface area contributed by atoms with Gasteiger partial charge in [-0.15, -0.1) is 11.6 Å². The van der Waals surface area contributed by atoms with Gasteiger partial charge in [0.05, 0.1) is 0 Å². The van der Waals surface area contributed by atoms with Crippen LogP contribution in [0.2, 0.25) is 0 Å². The van der Waals surface area contributed by atoms with E-state index in [1.165, 1.54) is 12.8 Å². The summed E-state index contributed by atoms with van der Waals surface area (Å²) in [4.78, 5) is 16.1. The third-order valence-corrected chi connectivity index (χ3v) is 3.45. The largest absolute Gasteiger partial charge is 0.340 e. The van der Waals surface area contributed by atoms with Crippen molar-refractivity contribution < 1.29 is 4.79 Å². The molecule has 15 heavy (non-hydrogen) atoms. The van der Waals surface area contributed by atoms with Gasteiger partial charge in [0.25, 0.3) is 0 Å². The first-order valence-corrected chi connectivity index (χ1v) is 6.39. The molecule has 2 rings (SSSR count). The number of alkyl halides is 1. The lowest BCUT2D eigenvalue weighted by molar-refractivity contribution is -0.133. The lowest BCUT2D eigenvalue weighted by Crippen LogP contribution is -2.49. The van der Waals surface area contributed by atoms with Crippen molar-refractivity contribution in [2.45, 2.75) is 19.3 Å². The fraction of sp³-hybridized carbons (Fsp3) is 0.909. The molecule has 1 saturated heterocycles. The zero-order chi connectivity index (χ0) is 10.7. The molecular weight excluding hydrogens is 212 g/mol. The molecule has 1 saturated carbocycles. The zero-order valence-electron chi connectivity index (χ0n) is 9.12. The van der Waals surface area contributed by atoms with Crippen molar-refractivity contribution in [1.82, 2.24) is 9.80 Å². The highest BCUT2D eigenvalue weighted by atomic mass is 35.5. The standard InChI is InChI=1S/C11H19ClN2O/c12-3-4-13-5-7-14(8-6-13)11(15)9-10-1-2-10/h10H,1-9H2. The average molecular weight is 231 g/mol. The summed E-state index contributed by atoms with van der Waals surface area (Å²) in [5.74, 6) is 1.76. The van der Waals surface area contributed by atoms with E-state index in [0.29, 0.717) is 17.7 Å². The van der Waals surface area contributed by atoms with Gasteiger partial charge >= 0.3 is 0 Å². The third-order valence-electron chi connectivity index (χ3n) is 3.29. The quantitative estimate of drug-likeness (QED) is 0.677. The molecule has 86 valence electrons. The molecule has 0 spiro atoms. The molecule has 1 heterocycles. The second kappa shape index (κ2) is 5.17. The van der Waals surface area contributed by atoms with Crippen molar-refractivity contribution in [2.24, 2.45) is 5.92 Å². The van der Waals surface area contributed by atoms with Crippen molar-refractivity contribution in [3.8, 4) is 0 Å². The maximum atomic E-state index is 11.8. The minimum Gasteiger partial charge on any atom is -0.340 e. The first-order chi connectivity index (χ1) is 7.29. The van der Waals surface area contributed by atoms with Crippen LogP contribution in [0.5, 0.6) is 0 Å². The molecule has 3 nitrogen and oxygen atoms in total. The van der Waals surface area contributed by atoms with Gasteiger partial charge in [-0.3, -0.25) is 9.69 Å². The van der Waals surface area contributed by atoms with Crippen molar-refractivity contribution in [3.63, 3.8) is 0 Å². The van der Waals surface area contributed by atoms with Gasteiger partial charge in [0.1, 0.15) is 0 Å². The van der Waals surface area contributed by atoms with Crippen molar-refractivity contribution in [3.05, 3.63) is 0 Å². The Hall–Kier alpha value is -0.280. The minimum atomic E-state index is 0.364. The van der Waals surface area contributed by atoms with E-state index in [1.807, 2.05) is 4.90 Å². The monoisotopic (exact) mass is 230 g/mol. The van der Waals surface area contributed by atoms with Gasteiger partial charge in [0, 0.05) is 45.0 Å². The Morgan fingerprint density at radius 1 is 1.20 bits per heavy atom. The van der Waals surface area contributed by atoms with E-state index in [9.17, 15) is 4.79 Å². The maximum absolute atomic E-state index is 11.8. The van der Waals surface area contributed by atoms with E-state index in [0.717, 1.165) is 39.1 Å². The van der Waals surface area contributed by atoms with Crippen molar-refractivity contribution in [2.75, 3.05) is 38.6 Å². The molecule has 1 amide bonds. The number of hydrogen-bond acceptors (Lipinski definition) is 2. The molecular formula is C11H19ClN2O. The number of carbonyl (C=O) groups excluding carboxylic acids is 1. The van der Waals surface area contributed by atoms with Crippen LogP contribution in [0.1, 0.15) is 19.3 Å². The van der Waals surface area contributed by atoms with Gasteiger partial charge in [-0.25, -0.2) is 0 Å². The molecule has 0 atom stereocenters. The number of amides is 1. The summed E-state index contributed by atoms with van der Waals surface area (Å²) in [7, 11) is 0. The summed E-state index contributed by atoms with van der Waals surface area (Å²) in [5, 5.41) is 0. The maximum Gasteiger partial charge on any atom is 0.222 e. The molecule has 4 heteroatoms. The fourth-order valence-corrected chi connectivity index (χ4v) is 2.28. The van der Waals surface area contributed by atoms with Gasteiger partial charge < -0.3 is 4.90 Å². The van der Waals surface area contributed by atoms with E-state index in [2.05, 4.69) is 4.90 Å². The number of nitrogens with zero attached hydrogens (tertiary/aromatic N) is 2. The number of halogens is 1. The van der Waals surface area contributed by atoms with Crippen LogP contribution in [0.25, 0.3) is 0 Å². The van der Waals surface area contributed by atoms with Crippen LogP contribution in [0, 0.1) is 5.92 Å². The Labute approximate surface area is 96.4 Å². The molecule has 0 aromatic heterocycles.